The van der Waals surface area contributed by atoms with Crippen LogP contribution in [0.4, 0.5) is 0 Å². The van der Waals surface area contributed by atoms with Crippen molar-refractivity contribution in [3.63, 3.8) is 0 Å². The highest BCUT2D eigenvalue weighted by molar-refractivity contribution is 5.82. The third-order valence-electron chi connectivity index (χ3n) is 1.68. The van der Waals surface area contributed by atoms with Crippen LogP contribution in [0.15, 0.2) is 0 Å². The molecule has 11 heavy (non-hydrogen) atoms. The number of hydrogen-bond donors (Lipinski definition) is 2. The second-order valence-corrected chi connectivity index (χ2v) is 2.32. The fourth-order valence-electron chi connectivity index (χ4n) is 0.871. The second kappa shape index (κ2) is 5.09. The van der Waals surface area contributed by atoms with E-state index in [-0.39, 0.29) is 18.1 Å². The Bertz CT molecular complexity index is 128. The van der Waals surface area contributed by atoms with E-state index in [2.05, 4.69) is 10.6 Å². The van der Waals surface area contributed by atoms with Crippen LogP contribution >= 0.6 is 0 Å². The summed E-state index contributed by atoms with van der Waals surface area (Å²) in [7, 11) is 4.92. The van der Waals surface area contributed by atoms with Gasteiger partial charge in [0.25, 0.3) is 0 Å². The maximum Gasteiger partial charge on any atom is 0.239 e. The molecular weight excluding hydrogens is 144 g/mol. The summed E-state index contributed by atoms with van der Waals surface area (Å²) < 4.78 is 5.00. The van der Waals surface area contributed by atoms with Crippen molar-refractivity contribution in [3.8, 4) is 0 Å². The molecular formula is C7H16N2O2. The van der Waals surface area contributed by atoms with Crippen LogP contribution in [0.5, 0.6) is 0 Å². The number of likely N-dealkylation sites (N-methyl/N-ethyl adjacent to an activating group) is 2. The average Bonchev–Trinajstić information content (AvgIpc) is 2.05. The van der Waals surface area contributed by atoms with E-state index >= 15 is 0 Å². The van der Waals surface area contributed by atoms with Crippen molar-refractivity contribution in [2.45, 2.75) is 19.1 Å². The monoisotopic (exact) mass is 160 g/mol. The van der Waals surface area contributed by atoms with Gasteiger partial charge in [0.2, 0.25) is 5.91 Å². The lowest BCUT2D eigenvalue weighted by molar-refractivity contribution is -0.125. The van der Waals surface area contributed by atoms with E-state index in [1.807, 2.05) is 6.92 Å². The first-order valence-corrected chi connectivity index (χ1v) is 3.59. The predicted molar refractivity (Wildman–Crippen MR) is 43.4 cm³/mol. The third-order valence-corrected chi connectivity index (χ3v) is 1.68. The minimum atomic E-state index is -0.273. The summed E-state index contributed by atoms with van der Waals surface area (Å²) in [6.07, 6.45) is -0.111. The zero-order valence-corrected chi connectivity index (χ0v) is 7.47. The first-order chi connectivity index (χ1) is 5.17. The minimum Gasteiger partial charge on any atom is -0.380 e. The molecule has 0 aliphatic rings. The Balaban J connectivity index is 4.03. The summed E-state index contributed by atoms with van der Waals surface area (Å²) in [5.74, 6) is -0.0538. The number of carbonyl (C=O) groups is 1. The molecule has 0 bridgehead atoms. The lowest BCUT2D eigenvalue weighted by Crippen LogP contribution is -2.48. The molecule has 2 N–H and O–H groups in total. The van der Waals surface area contributed by atoms with Crippen LogP contribution in [0.2, 0.25) is 0 Å². The van der Waals surface area contributed by atoms with Crippen molar-refractivity contribution in [2.75, 3.05) is 21.2 Å². The first-order valence-electron chi connectivity index (χ1n) is 3.59. The number of hydrogen-bond acceptors (Lipinski definition) is 3. The number of ether oxygens (including phenoxy) is 1. The smallest absolute Gasteiger partial charge is 0.239 e. The topological polar surface area (TPSA) is 50.4 Å². The minimum absolute atomic E-state index is 0.0538. The Hall–Kier alpha value is -0.610. The van der Waals surface area contributed by atoms with Gasteiger partial charge in [0, 0.05) is 14.2 Å². The highest BCUT2D eigenvalue weighted by Gasteiger charge is 2.21. The fourth-order valence-corrected chi connectivity index (χ4v) is 0.871. The lowest BCUT2D eigenvalue weighted by atomic mass is 10.2. The molecule has 66 valence electrons. The molecule has 0 rings (SSSR count). The van der Waals surface area contributed by atoms with Crippen LogP contribution in [0.25, 0.3) is 0 Å². The van der Waals surface area contributed by atoms with Gasteiger partial charge in [-0.1, -0.05) is 0 Å². The number of methoxy groups -OCH3 is 1. The van der Waals surface area contributed by atoms with E-state index in [1.165, 1.54) is 0 Å². The molecule has 0 spiro atoms. The van der Waals surface area contributed by atoms with Crippen LogP contribution in [-0.2, 0) is 9.53 Å². The zero-order chi connectivity index (χ0) is 8.85. The van der Waals surface area contributed by atoms with Gasteiger partial charge in [0.15, 0.2) is 0 Å². The molecule has 1 unspecified atom stereocenters. The van der Waals surface area contributed by atoms with Gasteiger partial charge in [0.05, 0.1) is 6.10 Å². The SMILES string of the molecule is CNC(=O)[C@@H](NC)C(C)OC. The molecule has 0 radical (unpaired) electrons. The summed E-state index contributed by atoms with van der Waals surface area (Å²) in [4.78, 5) is 11.1. The van der Waals surface area contributed by atoms with E-state index < -0.39 is 0 Å². The average molecular weight is 160 g/mol. The molecule has 0 heterocycles. The lowest BCUT2D eigenvalue weighted by Gasteiger charge is -2.20. The van der Waals surface area contributed by atoms with Crippen molar-refractivity contribution in [3.05, 3.63) is 0 Å². The highest BCUT2D eigenvalue weighted by Crippen LogP contribution is 1.95. The molecule has 0 saturated carbocycles. The molecule has 0 aromatic carbocycles. The van der Waals surface area contributed by atoms with E-state index in [0.717, 1.165) is 0 Å². The summed E-state index contributed by atoms with van der Waals surface area (Å²) >= 11 is 0. The van der Waals surface area contributed by atoms with E-state index in [9.17, 15) is 4.79 Å². The van der Waals surface area contributed by atoms with Gasteiger partial charge in [0.1, 0.15) is 6.04 Å². The summed E-state index contributed by atoms with van der Waals surface area (Å²) in [5, 5.41) is 5.42. The molecule has 0 aliphatic carbocycles. The van der Waals surface area contributed by atoms with E-state index in [1.54, 1.807) is 21.2 Å². The Morgan fingerprint density at radius 1 is 1.45 bits per heavy atom. The quantitative estimate of drug-likeness (QED) is 0.575. The molecule has 0 fully saturated rings. The van der Waals surface area contributed by atoms with Crippen molar-refractivity contribution >= 4 is 5.91 Å². The van der Waals surface area contributed by atoms with Gasteiger partial charge < -0.3 is 15.4 Å². The van der Waals surface area contributed by atoms with Gasteiger partial charge in [-0.2, -0.15) is 0 Å². The van der Waals surface area contributed by atoms with Crippen molar-refractivity contribution < 1.29 is 9.53 Å². The molecule has 0 saturated heterocycles. The number of amides is 1. The molecule has 4 nitrogen and oxygen atoms in total. The number of nitrogens with one attached hydrogen (secondary N) is 2. The van der Waals surface area contributed by atoms with Crippen molar-refractivity contribution in [1.29, 1.82) is 0 Å². The predicted octanol–water partition coefficient (Wildman–Crippen LogP) is -0.645. The van der Waals surface area contributed by atoms with Crippen LogP contribution in [0, 0.1) is 0 Å². The zero-order valence-electron chi connectivity index (χ0n) is 7.47. The number of carbonyl (C=O) groups excluding carboxylic acids is 1. The molecule has 1 amide bonds. The van der Waals surface area contributed by atoms with Crippen LogP contribution in [0.1, 0.15) is 6.92 Å². The van der Waals surface area contributed by atoms with Gasteiger partial charge in [-0.25, -0.2) is 0 Å². The Morgan fingerprint density at radius 2 is 2.00 bits per heavy atom. The van der Waals surface area contributed by atoms with E-state index in [0.29, 0.717) is 0 Å². The van der Waals surface area contributed by atoms with Crippen LogP contribution in [-0.4, -0.2) is 39.3 Å². The molecule has 2 atom stereocenters. The summed E-state index contributed by atoms with van der Waals surface area (Å²) in [6, 6.07) is -0.273. The van der Waals surface area contributed by atoms with Crippen LogP contribution < -0.4 is 10.6 Å². The Morgan fingerprint density at radius 3 is 2.27 bits per heavy atom. The maximum absolute atomic E-state index is 11.1. The number of rotatable bonds is 4. The molecule has 0 aromatic heterocycles. The van der Waals surface area contributed by atoms with Gasteiger partial charge in [-0.05, 0) is 14.0 Å². The highest BCUT2D eigenvalue weighted by atomic mass is 16.5. The molecule has 4 heteroatoms. The van der Waals surface area contributed by atoms with E-state index in [4.69, 9.17) is 4.74 Å². The maximum atomic E-state index is 11.1. The van der Waals surface area contributed by atoms with Gasteiger partial charge in [-0.3, -0.25) is 4.79 Å². The Kier molecular flexibility index (Phi) is 4.81. The van der Waals surface area contributed by atoms with Crippen molar-refractivity contribution in [1.82, 2.24) is 10.6 Å². The first kappa shape index (κ1) is 10.4. The van der Waals surface area contributed by atoms with Crippen LogP contribution in [0.3, 0.4) is 0 Å². The molecule has 0 aromatic rings. The third kappa shape index (κ3) is 2.86. The summed E-state index contributed by atoms with van der Waals surface area (Å²) in [5.41, 5.74) is 0. The second-order valence-electron chi connectivity index (χ2n) is 2.32. The molecule has 0 aliphatic heterocycles. The van der Waals surface area contributed by atoms with Crippen molar-refractivity contribution in [2.24, 2.45) is 0 Å². The normalized spacial score (nSPS) is 15.6. The van der Waals surface area contributed by atoms with Gasteiger partial charge >= 0.3 is 0 Å². The van der Waals surface area contributed by atoms with Gasteiger partial charge in [-0.15, -0.1) is 0 Å². The summed E-state index contributed by atoms with van der Waals surface area (Å²) in [6.45, 7) is 1.84. The fraction of sp³-hybridized carbons (Fsp3) is 0.857. The largest absolute Gasteiger partial charge is 0.380 e. The standard InChI is InChI=1S/C7H16N2O2/c1-5(11-4)6(8-2)7(10)9-3/h5-6,8H,1-4H3,(H,9,10)/t5?,6-/m0/s1. The Labute approximate surface area is 67.3 Å².